The monoisotopic (exact) mass is 284 g/mol. The summed E-state index contributed by atoms with van der Waals surface area (Å²) in [6, 6.07) is 9.70. The van der Waals surface area contributed by atoms with Crippen molar-refractivity contribution < 1.29 is 22.7 Å². The minimum Gasteiger partial charge on any atom is -0.497 e. The van der Waals surface area contributed by atoms with Crippen molar-refractivity contribution in [3.8, 4) is 0 Å². The van der Waals surface area contributed by atoms with E-state index < -0.39 is 12.0 Å². The zero-order chi connectivity index (χ0) is 14.6. The number of hydrogen-bond donors (Lipinski definition) is 0. The van der Waals surface area contributed by atoms with Gasteiger partial charge in [-0.1, -0.05) is 30.3 Å². The van der Waals surface area contributed by atoms with Crippen LogP contribution in [0.4, 0.5) is 13.2 Å². The van der Waals surface area contributed by atoms with Crippen molar-refractivity contribution in [3.63, 3.8) is 0 Å². The predicted octanol–water partition coefficient (Wildman–Crippen LogP) is 3.67. The molecule has 0 saturated carbocycles. The average molecular weight is 284 g/mol. The third-order valence-corrected chi connectivity index (χ3v) is 3.31. The minimum absolute atomic E-state index is 0.110. The van der Waals surface area contributed by atoms with E-state index in [0.717, 1.165) is 12.0 Å². The first-order chi connectivity index (χ1) is 9.47. The molecule has 5 heteroatoms. The third kappa shape index (κ3) is 3.85. The lowest BCUT2D eigenvalue weighted by Crippen LogP contribution is -2.21. The van der Waals surface area contributed by atoms with E-state index in [0.29, 0.717) is 25.5 Å². The van der Waals surface area contributed by atoms with Gasteiger partial charge in [-0.15, -0.1) is 0 Å². The van der Waals surface area contributed by atoms with Crippen LogP contribution in [0.3, 0.4) is 0 Å². The summed E-state index contributed by atoms with van der Waals surface area (Å²) in [7, 11) is 0. The van der Waals surface area contributed by atoms with Crippen LogP contribution in [0, 0.1) is 5.92 Å². The second-order valence-corrected chi connectivity index (χ2v) is 4.77. The molecule has 1 saturated heterocycles. The molecule has 1 atom stereocenters. The topological polar surface area (TPSA) is 26.3 Å². The zero-order valence-electron chi connectivity index (χ0n) is 10.8. The van der Waals surface area contributed by atoms with Crippen molar-refractivity contribution in [3.05, 3.63) is 47.7 Å². The molecule has 0 N–H and O–H groups in total. The summed E-state index contributed by atoms with van der Waals surface area (Å²) in [6.45, 7) is 0.371. The highest BCUT2D eigenvalue weighted by Gasteiger charge is 2.38. The van der Waals surface area contributed by atoms with Gasteiger partial charge in [0, 0.05) is 12.0 Å². The number of aryl methyl sites for hydroxylation is 1. The van der Waals surface area contributed by atoms with Crippen LogP contribution in [0.2, 0.25) is 0 Å². The maximum absolute atomic E-state index is 12.2. The van der Waals surface area contributed by atoms with Gasteiger partial charge in [0.1, 0.15) is 5.76 Å². The zero-order valence-corrected chi connectivity index (χ0v) is 10.8. The Morgan fingerprint density at radius 2 is 2.00 bits per heavy atom. The van der Waals surface area contributed by atoms with Crippen molar-refractivity contribution in [2.75, 3.05) is 6.61 Å². The summed E-state index contributed by atoms with van der Waals surface area (Å²) >= 11 is 0. The number of allylic oxidation sites excluding steroid dienone is 2. The summed E-state index contributed by atoms with van der Waals surface area (Å²) < 4.78 is 41.9. The summed E-state index contributed by atoms with van der Waals surface area (Å²) in [5.41, 5.74) is 1.13. The molecule has 1 unspecified atom stereocenters. The Hall–Kier alpha value is -1.78. The van der Waals surface area contributed by atoms with Crippen molar-refractivity contribution in [1.29, 1.82) is 0 Å². The Morgan fingerprint density at radius 3 is 2.65 bits per heavy atom. The largest absolute Gasteiger partial charge is 0.497 e. The standard InChI is InChI=1S/C15H15F3O2/c16-15(17,18)14(19)10-13-12(8-9-20-13)7-6-11-4-2-1-3-5-11/h1-5,10,12H,6-9H2/b13-10-. The maximum Gasteiger partial charge on any atom is 0.454 e. The predicted molar refractivity (Wildman–Crippen MR) is 68.0 cm³/mol. The summed E-state index contributed by atoms with van der Waals surface area (Å²) in [5.74, 6) is -1.79. The molecule has 20 heavy (non-hydrogen) atoms. The normalized spacial score (nSPS) is 20.9. The highest BCUT2D eigenvalue weighted by molar-refractivity contribution is 5.94. The van der Waals surface area contributed by atoms with Gasteiger partial charge in [0.15, 0.2) is 0 Å². The van der Waals surface area contributed by atoms with Crippen molar-refractivity contribution in [1.82, 2.24) is 0 Å². The lowest BCUT2D eigenvalue weighted by molar-refractivity contribution is -0.165. The van der Waals surface area contributed by atoms with E-state index in [1.807, 2.05) is 30.3 Å². The van der Waals surface area contributed by atoms with Gasteiger partial charge in [-0.3, -0.25) is 4.79 Å². The fraction of sp³-hybridized carbons (Fsp3) is 0.400. The van der Waals surface area contributed by atoms with Gasteiger partial charge in [-0.2, -0.15) is 13.2 Å². The molecule has 1 aromatic rings. The number of carbonyl (C=O) groups excluding carboxylic acids is 1. The van der Waals surface area contributed by atoms with Gasteiger partial charge in [-0.25, -0.2) is 0 Å². The molecule has 1 fully saturated rings. The van der Waals surface area contributed by atoms with Gasteiger partial charge >= 0.3 is 6.18 Å². The van der Waals surface area contributed by atoms with E-state index in [1.54, 1.807) is 0 Å². The minimum atomic E-state index is -4.83. The molecule has 0 radical (unpaired) electrons. The lowest BCUT2D eigenvalue weighted by atomic mass is 9.96. The van der Waals surface area contributed by atoms with Crippen LogP contribution in [0.1, 0.15) is 18.4 Å². The Bertz CT molecular complexity index is 492. The van der Waals surface area contributed by atoms with Crippen LogP contribution < -0.4 is 0 Å². The number of rotatable bonds is 4. The van der Waals surface area contributed by atoms with Crippen LogP contribution in [0.5, 0.6) is 0 Å². The van der Waals surface area contributed by atoms with Crippen molar-refractivity contribution in [2.24, 2.45) is 5.92 Å². The van der Waals surface area contributed by atoms with Crippen LogP contribution in [0.15, 0.2) is 42.2 Å². The maximum atomic E-state index is 12.2. The average Bonchev–Trinajstić information content (AvgIpc) is 2.84. The van der Waals surface area contributed by atoms with Gasteiger partial charge in [-0.05, 0) is 24.8 Å². The van der Waals surface area contributed by atoms with Gasteiger partial charge < -0.3 is 4.74 Å². The molecule has 0 spiro atoms. The molecule has 1 aliphatic heterocycles. The molecule has 108 valence electrons. The number of carbonyl (C=O) groups is 1. The fourth-order valence-electron chi connectivity index (χ4n) is 2.22. The summed E-state index contributed by atoms with van der Waals surface area (Å²) in [4.78, 5) is 11.0. The summed E-state index contributed by atoms with van der Waals surface area (Å²) in [6.07, 6.45) is -2.14. The van der Waals surface area contributed by atoms with E-state index in [2.05, 4.69) is 0 Å². The number of ether oxygens (including phenoxy) is 1. The SMILES string of the molecule is O=C(/C=C1\OCCC1CCc1ccccc1)C(F)(F)F. The Balaban J connectivity index is 1.97. The van der Waals surface area contributed by atoms with E-state index in [9.17, 15) is 18.0 Å². The Kier molecular flexibility index (Phi) is 4.47. The van der Waals surface area contributed by atoms with E-state index in [1.165, 1.54) is 0 Å². The first-order valence-electron chi connectivity index (χ1n) is 6.46. The second kappa shape index (κ2) is 6.11. The van der Waals surface area contributed by atoms with Crippen LogP contribution in [-0.4, -0.2) is 18.6 Å². The molecule has 2 rings (SSSR count). The smallest absolute Gasteiger partial charge is 0.454 e. The fourth-order valence-corrected chi connectivity index (χ4v) is 2.22. The number of hydrogen-bond acceptors (Lipinski definition) is 2. The molecule has 1 aromatic carbocycles. The molecule has 0 aromatic heterocycles. The highest BCUT2D eigenvalue weighted by atomic mass is 19.4. The first-order valence-corrected chi connectivity index (χ1v) is 6.46. The van der Waals surface area contributed by atoms with Crippen molar-refractivity contribution in [2.45, 2.75) is 25.4 Å². The van der Waals surface area contributed by atoms with E-state index in [4.69, 9.17) is 4.74 Å². The van der Waals surface area contributed by atoms with Gasteiger partial charge in [0.05, 0.1) is 6.61 Å². The molecule has 0 aliphatic carbocycles. The molecule has 1 heterocycles. The molecule has 2 nitrogen and oxygen atoms in total. The number of ketones is 1. The molecule has 0 amide bonds. The quantitative estimate of drug-likeness (QED) is 0.788. The molecule has 1 aliphatic rings. The van der Waals surface area contributed by atoms with Crippen molar-refractivity contribution >= 4 is 5.78 Å². The Morgan fingerprint density at radius 1 is 1.30 bits per heavy atom. The molecular weight excluding hydrogens is 269 g/mol. The number of halogens is 3. The molecule has 0 bridgehead atoms. The number of benzene rings is 1. The highest BCUT2D eigenvalue weighted by Crippen LogP contribution is 2.30. The van der Waals surface area contributed by atoms with Gasteiger partial charge in [0.2, 0.25) is 0 Å². The van der Waals surface area contributed by atoms with E-state index >= 15 is 0 Å². The van der Waals surface area contributed by atoms with Gasteiger partial charge in [0.25, 0.3) is 5.78 Å². The summed E-state index contributed by atoms with van der Waals surface area (Å²) in [5, 5.41) is 0. The molecular formula is C15H15F3O2. The van der Waals surface area contributed by atoms with Crippen LogP contribution in [0.25, 0.3) is 0 Å². The third-order valence-electron chi connectivity index (χ3n) is 3.31. The second-order valence-electron chi connectivity index (χ2n) is 4.77. The lowest BCUT2D eigenvalue weighted by Gasteiger charge is -2.10. The first kappa shape index (κ1) is 14.6. The van der Waals surface area contributed by atoms with Crippen LogP contribution in [-0.2, 0) is 16.0 Å². The van der Waals surface area contributed by atoms with E-state index in [-0.39, 0.29) is 11.7 Å². The Labute approximate surface area is 115 Å². The van der Waals surface area contributed by atoms with Crippen LogP contribution >= 0.6 is 0 Å². The number of alkyl halides is 3.